The fraction of sp³-hybridized carbons (Fsp3) is 0.667. The maximum Gasteiger partial charge on any atom is 0.453 e. The lowest BCUT2D eigenvalue weighted by Gasteiger charge is -2.10. The van der Waals surface area contributed by atoms with Gasteiger partial charge in [-0.1, -0.05) is 0 Å². The minimum absolute atomic E-state index is 0.110. The number of hydrogen-bond acceptors (Lipinski definition) is 7. The molecule has 2 N–H and O–H groups in total. The first-order valence-corrected chi connectivity index (χ1v) is 4.13. The summed E-state index contributed by atoms with van der Waals surface area (Å²) < 4.78 is 30.0. The zero-order valence-corrected chi connectivity index (χ0v) is 6.11. The molecular weight excluding hydrogens is 174 g/mol. The molecule has 0 saturated carbocycles. The second-order valence-electron chi connectivity index (χ2n) is 2.11. The van der Waals surface area contributed by atoms with E-state index in [9.17, 15) is 8.42 Å². The van der Waals surface area contributed by atoms with Crippen LogP contribution in [-0.2, 0) is 18.8 Å². The molecule has 0 radical (unpaired) electrons. The van der Waals surface area contributed by atoms with Crippen LogP contribution in [0.25, 0.3) is 0 Å². The fourth-order valence-electron chi connectivity index (χ4n) is 0.853. The van der Waals surface area contributed by atoms with Crippen LogP contribution in [0.15, 0.2) is 4.99 Å². The van der Waals surface area contributed by atoms with E-state index in [-0.39, 0.29) is 12.6 Å². The Balaban J connectivity index is 2.36. The van der Waals surface area contributed by atoms with E-state index in [0.29, 0.717) is 0 Å². The maximum atomic E-state index is 10.6. The Hall–Kier alpha value is -0.860. The fourth-order valence-corrected chi connectivity index (χ4v) is 1.59. The molecule has 2 bridgehead atoms. The number of fused-ring (bicyclic) bond motifs is 1. The summed E-state index contributed by atoms with van der Waals surface area (Å²) in [7, 11) is -3.90. The highest BCUT2D eigenvalue weighted by molar-refractivity contribution is 7.82. The van der Waals surface area contributed by atoms with E-state index in [1.54, 1.807) is 0 Å². The first kappa shape index (κ1) is 6.83. The van der Waals surface area contributed by atoms with Gasteiger partial charge >= 0.3 is 16.4 Å². The van der Waals surface area contributed by atoms with Crippen molar-refractivity contribution in [2.45, 2.75) is 6.23 Å². The van der Waals surface area contributed by atoms with Crippen molar-refractivity contribution in [2.24, 2.45) is 10.8 Å². The summed E-state index contributed by atoms with van der Waals surface area (Å²) in [4.78, 5) is 3.66. The predicted molar refractivity (Wildman–Crippen MR) is 33.2 cm³/mol. The minimum Gasteiger partial charge on any atom is -0.323 e. The van der Waals surface area contributed by atoms with Crippen LogP contribution in [0.5, 0.6) is 0 Å². The zero-order chi connectivity index (χ0) is 8.06. The van der Waals surface area contributed by atoms with Gasteiger partial charge in [-0.05, 0) is 0 Å². The number of hydrogen-bond donors (Lipinski definition) is 1. The van der Waals surface area contributed by atoms with Gasteiger partial charge in [0.15, 0.2) is 6.23 Å². The van der Waals surface area contributed by atoms with Crippen molar-refractivity contribution in [3.8, 4) is 0 Å². The Bertz CT molecular complexity index is 309. The summed E-state index contributed by atoms with van der Waals surface area (Å²) in [5.41, 5.74) is 0. The second-order valence-corrected chi connectivity index (χ2v) is 3.28. The van der Waals surface area contributed by atoms with Gasteiger partial charge in [-0.2, -0.15) is 13.4 Å². The van der Waals surface area contributed by atoms with E-state index < -0.39 is 16.6 Å². The molecule has 1 atom stereocenters. The van der Waals surface area contributed by atoms with Gasteiger partial charge in [0, 0.05) is 0 Å². The third-order valence-corrected chi connectivity index (χ3v) is 2.07. The molecule has 0 fully saturated rings. The molecule has 2 heterocycles. The number of nitrogens with two attached hydrogens (primary N) is 1. The van der Waals surface area contributed by atoms with Crippen LogP contribution in [0.3, 0.4) is 0 Å². The van der Waals surface area contributed by atoms with Gasteiger partial charge in [0.2, 0.25) is 0 Å². The normalized spacial score (nSPS) is 33.0. The van der Waals surface area contributed by atoms with Crippen LogP contribution >= 0.6 is 0 Å². The van der Waals surface area contributed by atoms with Crippen molar-refractivity contribution >= 4 is 16.4 Å². The summed E-state index contributed by atoms with van der Waals surface area (Å²) in [6.45, 7) is 0.203. The molecule has 0 aromatic carbocycles. The molecule has 7 nitrogen and oxygen atoms in total. The molecular formula is C3H5N3O4S. The number of amidine groups is 1. The Morgan fingerprint density at radius 2 is 2.45 bits per heavy atom. The number of rotatable bonds is 0. The van der Waals surface area contributed by atoms with Crippen LogP contribution in [0, 0.1) is 0 Å². The molecule has 2 aliphatic rings. The predicted octanol–water partition coefficient (Wildman–Crippen LogP) is -1.85. The average molecular weight is 179 g/mol. The molecule has 0 aliphatic carbocycles. The van der Waals surface area contributed by atoms with Gasteiger partial charge in [0.25, 0.3) is 0 Å². The molecule has 1 unspecified atom stereocenters. The van der Waals surface area contributed by atoms with Crippen LogP contribution < -0.4 is 5.84 Å². The first-order chi connectivity index (χ1) is 5.07. The van der Waals surface area contributed by atoms with Crippen molar-refractivity contribution in [2.75, 3.05) is 6.54 Å². The SMILES string of the molecule is NN1CC2N=C1OS(=O)(=O)O2. The Kier molecular flexibility index (Phi) is 1.14. The molecule has 0 saturated heterocycles. The van der Waals surface area contributed by atoms with Gasteiger partial charge < -0.3 is 4.18 Å². The van der Waals surface area contributed by atoms with Gasteiger partial charge in [-0.3, -0.25) is 5.01 Å². The van der Waals surface area contributed by atoms with Gasteiger partial charge in [-0.15, -0.1) is 0 Å². The average Bonchev–Trinajstić information content (AvgIpc) is 2.05. The molecule has 0 aromatic heterocycles. The number of hydrazine groups is 1. The number of aliphatic imine (C=N–C) groups is 1. The zero-order valence-electron chi connectivity index (χ0n) is 5.30. The van der Waals surface area contributed by atoms with Crippen molar-refractivity contribution in [1.82, 2.24) is 5.01 Å². The largest absolute Gasteiger partial charge is 0.453 e. The Morgan fingerprint density at radius 1 is 1.73 bits per heavy atom. The Labute approximate surface area is 62.7 Å². The third-order valence-electron chi connectivity index (χ3n) is 1.26. The number of nitrogens with zero attached hydrogens (tertiary/aromatic N) is 2. The summed E-state index contributed by atoms with van der Waals surface area (Å²) in [5, 5.41) is 1.08. The van der Waals surface area contributed by atoms with Crippen molar-refractivity contribution < 1.29 is 16.8 Å². The smallest absolute Gasteiger partial charge is 0.323 e. The highest BCUT2D eigenvalue weighted by atomic mass is 32.3. The topological polar surface area (TPSA) is 94.2 Å². The molecule has 0 amide bonds. The molecule has 0 spiro atoms. The Morgan fingerprint density at radius 3 is 3.09 bits per heavy atom. The van der Waals surface area contributed by atoms with Gasteiger partial charge in [0.1, 0.15) is 0 Å². The van der Waals surface area contributed by atoms with Crippen LogP contribution in [0.4, 0.5) is 0 Å². The molecule has 2 aliphatic heterocycles. The van der Waals surface area contributed by atoms with Gasteiger partial charge in [-0.25, -0.2) is 10.0 Å². The maximum absolute atomic E-state index is 10.6. The molecule has 8 heteroatoms. The second kappa shape index (κ2) is 1.84. The minimum atomic E-state index is -3.90. The van der Waals surface area contributed by atoms with Crippen molar-refractivity contribution in [3.63, 3.8) is 0 Å². The summed E-state index contributed by atoms with van der Waals surface area (Å²) in [6.07, 6.45) is -0.742. The van der Waals surface area contributed by atoms with Crippen LogP contribution in [-0.4, -0.2) is 32.2 Å². The van der Waals surface area contributed by atoms with E-state index in [1.807, 2.05) is 0 Å². The standard InChI is InChI=1S/C3H5N3O4S/c4-6-1-2-5-3(6)10-11(7,8)9-2/h2H,1,4H2. The third kappa shape index (κ3) is 1.04. The lowest BCUT2D eigenvalue weighted by atomic mass is 10.6. The van der Waals surface area contributed by atoms with E-state index in [1.165, 1.54) is 0 Å². The summed E-state index contributed by atoms with van der Waals surface area (Å²) >= 11 is 0. The van der Waals surface area contributed by atoms with E-state index in [4.69, 9.17) is 5.84 Å². The first-order valence-electron chi connectivity index (χ1n) is 2.79. The molecule has 0 aromatic rings. The van der Waals surface area contributed by atoms with E-state index in [2.05, 4.69) is 13.4 Å². The van der Waals surface area contributed by atoms with Crippen LogP contribution in [0.1, 0.15) is 0 Å². The van der Waals surface area contributed by atoms with Crippen molar-refractivity contribution in [3.05, 3.63) is 0 Å². The monoisotopic (exact) mass is 179 g/mol. The highest BCUT2D eigenvalue weighted by Gasteiger charge is 2.38. The van der Waals surface area contributed by atoms with Crippen molar-refractivity contribution in [1.29, 1.82) is 0 Å². The van der Waals surface area contributed by atoms with Crippen LogP contribution in [0.2, 0.25) is 0 Å². The van der Waals surface area contributed by atoms with E-state index in [0.717, 1.165) is 5.01 Å². The van der Waals surface area contributed by atoms with E-state index >= 15 is 0 Å². The molecule has 11 heavy (non-hydrogen) atoms. The highest BCUT2D eigenvalue weighted by Crippen LogP contribution is 2.18. The molecule has 2 rings (SSSR count). The van der Waals surface area contributed by atoms with Gasteiger partial charge in [0.05, 0.1) is 6.54 Å². The summed E-state index contributed by atoms with van der Waals surface area (Å²) in [5.74, 6) is 5.27. The lowest BCUT2D eigenvalue weighted by Crippen LogP contribution is -2.35. The quantitative estimate of drug-likeness (QED) is 0.438. The lowest BCUT2D eigenvalue weighted by molar-refractivity contribution is 0.188. The molecule has 62 valence electrons. The summed E-state index contributed by atoms with van der Waals surface area (Å²) in [6, 6.07) is -0.110.